The van der Waals surface area contributed by atoms with Crippen LogP contribution in [-0.2, 0) is 9.59 Å². The standard InChI is InChI=1S/C13H19N3O.C8H9Cl.C6H12N2O.H2O/c1-9-7-15-8-10(2)12(9)16-5-3-11(4-6-16)13(14)17;1-6-4-3-5-7(2)8(6)9;7-6(9)5-1-3-8-4-2-5;/h7-8,11H,3-6H2,1-2H3,(H2,14,17);3-5H,1-2H3;5,8H,1-4H2,(H2,7,9);1H2. The van der Waals surface area contributed by atoms with E-state index in [9.17, 15) is 9.59 Å². The van der Waals surface area contributed by atoms with Crippen molar-refractivity contribution in [3.8, 4) is 0 Å². The predicted octanol–water partition coefficient (Wildman–Crippen LogP) is 3.00. The Morgan fingerprint density at radius 3 is 1.69 bits per heavy atom. The van der Waals surface area contributed by atoms with E-state index in [2.05, 4.69) is 29.0 Å². The summed E-state index contributed by atoms with van der Waals surface area (Å²) in [5.41, 5.74) is 16.4. The maximum Gasteiger partial charge on any atom is 0.220 e. The molecule has 0 saturated carbocycles. The number of piperidine rings is 2. The molecule has 0 radical (unpaired) electrons. The fourth-order valence-electron chi connectivity index (χ4n) is 4.48. The van der Waals surface area contributed by atoms with E-state index in [0.717, 1.165) is 68.0 Å². The molecule has 2 fully saturated rings. The molecule has 0 bridgehead atoms. The number of hydrogen-bond donors (Lipinski definition) is 3. The van der Waals surface area contributed by atoms with Crippen molar-refractivity contribution < 1.29 is 15.1 Å². The van der Waals surface area contributed by atoms with Crippen molar-refractivity contribution in [1.82, 2.24) is 10.3 Å². The summed E-state index contributed by atoms with van der Waals surface area (Å²) in [6.45, 7) is 11.9. The summed E-state index contributed by atoms with van der Waals surface area (Å²) in [5, 5.41) is 4.05. The summed E-state index contributed by atoms with van der Waals surface area (Å²) in [6, 6.07) is 6.03. The molecule has 8 nitrogen and oxygen atoms in total. The zero-order valence-corrected chi connectivity index (χ0v) is 22.7. The molecular weight excluding hydrogens is 478 g/mol. The van der Waals surface area contributed by atoms with Gasteiger partial charge in [0.05, 0.1) is 0 Å². The first-order chi connectivity index (χ1) is 16.6. The van der Waals surface area contributed by atoms with Crippen LogP contribution in [0.2, 0.25) is 5.02 Å². The van der Waals surface area contributed by atoms with Gasteiger partial charge in [-0.3, -0.25) is 14.6 Å². The third kappa shape index (κ3) is 9.41. The zero-order valence-electron chi connectivity index (χ0n) is 21.9. The number of nitrogens with two attached hydrogens (primary N) is 2. The third-order valence-corrected chi connectivity index (χ3v) is 7.22. The minimum absolute atomic E-state index is 0. The molecule has 3 heterocycles. The van der Waals surface area contributed by atoms with Gasteiger partial charge in [0.15, 0.2) is 0 Å². The number of rotatable bonds is 3. The van der Waals surface area contributed by atoms with Gasteiger partial charge in [-0.1, -0.05) is 29.8 Å². The second-order valence-corrected chi connectivity index (χ2v) is 9.80. The molecule has 2 aromatic rings. The number of aryl methyl sites for hydroxylation is 4. The van der Waals surface area contributed by atoms with Crippen LogP contribution >= 0.6 is 11.6 Å². The van der Waals surface area contributed by atoms with Gasteiger partial charge in [0, 0.05) is 48.0 Å². The van der Waals surface area contributed by atoms with E-state index in [-0.39, 0.29) is 29.1 Å². The molecule has 200 valence electrons. The predicted molar refractivity (Wildman–Crippen MR) is 147 cm³/mol. The van der Waals surface area contributed by atoms with E-state index < -0.39 is 0 Å². The van der Waals surface area contributed by atoms with Crippen LogP contribution in [0.15, 0.2) is 30.6 Å². The highest BCUT2D eigenvalue weighted by Gasteiger charge is 2.24. The SMILES string of the molecule is Cc1cccc(C)c1Cl.Cc1cncc(C)c1N1CCC(C(N)=O)CC1.NC(=O)C1CCNCC1.O. The molecule has 2 aliphatic rings. The molecule has 0 aliphatic carbocycles. The summed E-state index contributed by atoms with van der Waals surface area (Å²) >= 11 is 5.88. The van der Waals surface area contributed by atoms with Gasteiger partial charge < -0.3 is 27.2 Å². The first-order valence-electron chi connectivity index (χ1n) is 12.3. The Labute approximate surface area is 220 Å². The molecular formula is C27H42ClN5O3. The molecule has 2 aliphatic heterocycles. The van der Waals surface area contributed by atoms with Gasteiger partial charge in [-0.2, -0.15) is 0 Å². The second kappa shape index (κ2) is 15.4. The van der Waals surface area contributed by atoms with E-state index in [1.54, 1.807) is 0 Å². The van der Waals surface area contributed by atoms with Crippen molar-refractivity contribution in [2.24, 2.45) is 23.3 Å². The zero-order chi connectivity index (χ0) is 26.0. The Bertz CT molecular complexity index is 947. The van der Waals surface area contributed by atoms with Crippen LogP contribution in [0.5, 0.6) is 0 Å². The van der Waals surface area contributed by atoms with Crippen molar-refractivity contribution in [2.45, 2.75) is 53.4 Å². The number of amides is 2. The summed E-state index contributed by atoms with van der Waals surface area (Å²) in [7, 11) is 0. The number of carbonyl (C=O) groups is 2. The summed E-state index contributed by atoms with van der Waals surface area (Å²) in [5.74, 6) is -0.121. The van der Waals surface area contributed by atoms with Crippen molar-refractivity contribution in [2.75, 3.05) is 31.1 Å². The lowest BCUT2D eigenvalue weighted by atomic mass is 9.95. The van der Waals surface area contributed by atoms with E-state index in [1.807, 2.05) is 44.4 Å². The van der Waals surface area contributed by atoms with Crippen LogP contribution in [0.4, 0.5) is 5.69 Å². The topological polar surface area (TPSA) is 146 Å². The Morgan fingerprint density at radius 2 is 1.31 bits per heavy atom. The Kier molecular flexibility index (Phi) is 13.4. The molecule has 0 spiro atoms. The molecule has 9 heteroatoms. The van der Waals surface area contributed by atoms with Crippen LogP contribution in [0.3, 0.4) is 0 Å². The van der Waals surface area contributed by atoms with Crippen LogP contribution < -0.4 is 21.7 Å². The molecule has 0 atom stereocenters. The Morgan fingerprint density at radius 1 is 0.861 bits per heavy atom. The van der Waals surface area contributed by atoms with E-state index >= 15 is 0 Å². The lowest BCUT2D eigenvalue weighted by Gasteiger charge is -2.34. The van der Waals surface area contributed by atoms with Crippen molar-refractivity contribution in [1.29, 1.82) is 0 Å². The van der Waals surface area contributed by atoms with Crippen LogP contribution in [0.1, 0.15) is 47.9 Å². The Balaban J connectivity index is 0.000000291. The first kappa shape index (κ1) is 31.4. The minimum Gasteiger partial charge on any atom is -0.412 e. The number of hydrogen-bond acceptors (Lipinski definition) is 5. The van der Waals surface area contributed by atoms with Crippen molar-refractivity contribution >= 4 is 29.1 Å². The highest BCUT2D eigenvalue weighted by Crippen LogP contribution is 2.28. The number of pyridine rings is 1. The summed E-state index contributed by atoms with van der Waals surface area (Å²) in [6.07, 6.45) is 7.32. The van der Waals surface area contributed by atoms with Crippen LogP contribution in [0.25, 0.3) is 0 Å². The second-order valence-electron chi connectivity index (χ2n) is 9.42. The number of aromatic nitrogens is 1. The van der Waals surface area contributed by atoms with Gasteiger partial charge in [-0.15, -0.1) is 0 Å². The van der Waals surface area contributed by atoms with Gasteiger partial charge in [0.1, 0.15) is 0 Å². The number of carbonyl (C=O) groups excluding carboxylic acids is 2. The summed E-state index contributed by atoms with van der Waals surface area (Å²) in [4.78, 5) is 28.2. The van der Waals surface area contributed by atoms with Crippen LogP contribution in [0, 0.1) is 39.5 Å². The highest BCUT2D eigenvalue weighted by molar-refractivity contribution is 6.32. The molecule has 2 amide bonds. The molecule has 4 rings (SSSR count). The molecule has 2 saturated heterocycles. The number of benzene rings is 1. The smallest absolute Gasteiger partial charge is 0.220 e. The molecule has 7 N–H and O–H groups in total. The molecule has 0 unspecified atom stereocenters. The quantitative estimate of drug-likeness (QED) is 0.570. The number of halogens is 1. The number of nitrogens with one attached hydrogen (secondary N) is 1. The molecule has 1 aromatic carbocycles. The monoisotopic (exact) mass is 519 g/mol. The van der Waals surface area contributed by atoms with Gasteiger partial charge in [-0.05, 0) is 88.7 Å². The van der Waals surface area contributed by atoms with Gasteiger partial charge in [0.25, 0.3) is 0 Å². The highest BCUT2D eigenvalue weighted by atomic mass is 35.5. The Hall–Kier alpha value is -2.68. The van der Waals surface area contributed by atoms with E-state index in [1.165, 1.54) is 16.8 Å². The first-order valence-corrected chi connectivity index (χ1v) is 12.7. The van der Waals surface area contributed by atoms with E-state index in [4.69, 9.17) is 23.1 Å². The average Bonchev–Trinajstić information content (AvgIpc) is 2.84. The van der Waals surface area contributed by atoms with Crippen LogP contribution in [-0.4, -0.2) is 48.5 Å². The summed E-state index contributed by atoms with van der Waals surface area (Å²) < 4.78 is 0. The van der Waals surface area contributed by atoms with E-state index in [0.29, 0.717) is 0 Å². The fraction of sp³-hybridized carbons (Fsp3) is 0.519. The number of nitrogens with zero attached hydrogens (tertiary/aromatic N) is 2. The third-order valence-electron chi connectivity index (χ3n) is 6.62. The van der Waals surface area contributed by atoms with Crippen molar-refractivity contribution in [3.63, 3.8) is 0 Å². The normalized spacial score (nSPS) is 16.0. The average molecular weight is 520 g/mol. The fourth-order valence-corrected chi connectivity index (χ4v) is 4.61. The number of anilines is 1. The molecule has 36 heavy (non-hydrogen) atoms. The largest absolute Gasteiger partial charge is 0.412 e. The van der Waals surface area contributed by atoms with Gasteiger partial charge >= 0.3 is 0 Å². The van der Waals surface area contributed by atoms with Gasteiger partial charge in [-0.25, -0.2) is 0 Å². The maximum atomic E-state index is 11.1. The van der Waals surface area contributed by atoms with Gasteiger partial charge in [0.2, 0.25) is 11.8 Å². The maximum absolute atomic E-state index is 11.1. The lowest BCUT2D eigenvalue weighted by molar-refractivity contribution is -0.123. The minimum atomic E-state index is -0.159. The molecule has 1 aromatic heterocycles. The van der Waals surface area contributed by atoms with Crippen molar-refractivity contribution in [3.05, 3.63) is 57.9 Å². The number of primary amides is 2. The lowest BCUT2D eigenvalue weighted by Crippen LogP contribution is -2.39.